The number of carbonyl (C=O) groups is 2. The van der Waals surface area contributed by atoms with Crippen LogP contribution in [0.4, 0.5) is 5.69 Å². The van der Waals surface area contributed by atoms with E-state index in [1.165, 1.54) is 36.0 Å². The number of aromatic amines is 1. The Morgan fingerprint density at radius 1 is 1.09 bits per heavy atom. The average Bonchev–Trinajstić information content (AvgIpc) is 3.52. The number of aromatic nitrogens is 3. The number of Topliss-reactive ketones (excluding diaryl/α,β-unsaturated/α-hetero) is 1. The van der Waals surface area contributed by atoms with Crippen LogP contribution in [0.25, 0.3) is 5.41 Å². The lowest BCUT2D eigenvalue weighted by Crippen LogP contribution is -2.29. The van der Waals surface area contributed by atoms with Crippen LogP contribution in [0, 0.1) is 0 Å². The number of halogens is 2. The lowest BCUT2D eigenvalue weighted by atomic mass is 10.0. The standard InChI is InChI=1S/C23H12Cl2N5O4S3.C7H10N2/c24-12-6-4-11(5-7-12)21(31)14(10-26)23-30-37(33,34)19-8-13(15(25)9-18(19)35-23)22(32)27-16-2-1-3-17-20(16)29-36-28-17;1-9(2)7-3-5-8-6-4-7/h1-2,4-9,16H,3H2,(H,27,32);3-6H,1-2H3/q-1;/p+1. The monoisotopic (exact) mass is 711 g/mol. The summed E-state index contributed by atoms with van der Waals surface area (Å²) in [6.07, 6.45) is 8.06. The number of nitrogens with zero attached hydrogens (tertiary/aromatic N) is 5. The smallest absolute Gasteiger partial charge is 0.284 e. The Kier molecular flexibility index (Phi) is 10.2. The molecule has 234 valence electrons. The number of H-pyrrole nitrogens is 1. The van der Waals surface area contributed by atoms with Gasteiger partial charge in [0.1, 0.15) is 15.6 Å². The van der Waals surface area contributed by atoms with Gasteiger partial charge >= 0.3 is 0 Å². The zero-order valence-electron chi connectivity index (χ0n) is 24.1. The van der Waals surface area contributed by atoms with Crippen LogP contribution in [0.15, 0.2) is 92.8 Å². The zero-order valence-corrected chi connectivity index (χ0v) is 28.0. The fraction of sp³-hybridized carbons (Fsp3) is 0.133. The molecule has 0 saturated heterocycles. The first-order chi connectivity index (χ1) is 22.0. The number of sulfonamides is 1. The van der Waals surface area contributed by atoms with E-state index in [0.29, 0.717) is 17.1 Å². The molecule has 0 fully saturated rings. The minimum absolute atomic E-state index is 0.0147. The highest BCUT2D eigenvalue weighted by atomic mass is 35.5. The SMILES string of the molecule is CN(C)c1cc[nH+]cc1.[N-]=C=C(C(=O)c1ccc(Cl)cc1)C1=NS(=O)(=O)c2cc(C(=O)NC3C=CCc4nsnc43)c(Cl)cc2S1. The van der Waals surface area contributed by atoms with Crippen LogP contribution in [0.3, 0.4) is 0 Å². The fourth-order valence-corrected chi connectivity index (χ4v) is 8.03. The summed E-state index contributed by atoms with van der Waals surface area (Å²) in [6.45, 7) is 0. The quantitative estimate of drug-likeness (QED) is 0.123. The van der Waals surface area contributed by atoms with E-state index in [0.717, 1.165) is 35.3 Å². The van der Waals surface area contributed by atoms with Crippen LogP contribution in [-0.2, 0) is 16.4 Å². The fourth-order valence-electron chi connectivity index (χ4n) is 4.32. The van der Waals surface area contributed by atoms with Gasteiger partial charge in [0.15, 0.2) is 12.4 Å². The Morgan fingerprint density at radius 3 is 2.46 bits per heavy atom. The van der Waals surface area contributed by atoms with E-state index in [9.17, 15) is 23.4 Å². The van der Waals surface area contributed by atoms with E-state index in [-0.39, 0.29) is 31.0 Å². The molecule has 2 aliphatic rings. The molecule has 16 heteroatoms. The van der Waals surface area contributed by atoms with Crippen molar-refractivity contribution in [2.75, 3.05) is 19.0 Å². The largest absolute Gasteiger partial charge is 0.763 e. The first-order valence-corrected chi connectivity index (χ1v) is 17.1. The van der Waals surface area contributed by atoms with Gasteiger partial charge in [-0.3, -0.25) is 15.5 Å². The Labute approximate surface area is 283 Å². The number of allylic oxidation sites excluding steroid dienone is 1. The van der Waals surface area contributed by atoms with Crippen LogP contribution in [0.1, 0.15) is 38.1 Å². The van der Waals surface area contributed by atoms with Crippen molar-refractivity contribution in [2.24, 2.45) is 4.40 Å². The van der Waals surface area contributed by atoms with Gasteiger partial charge in [-0.05, 0) is 36.4 Å². The van der Waals surface area contributed by atoms with Gasteiger partial charge in [-0.2, -0.15) is 21.6 Å². The van der Waals surface area contributed by atoms with Gasteiger partial charge in [0, 0.05) is 53.8 Å². The Bertz CT molecular complexity index is 2040. The number of ketones is 1. The summed E-state index contributed by atoms with van der Waals surface area (Å²) in [6, 6.07) is 11.8. The lowest BCUT2D eigenvalue weighted by molar-refractivity contribution is -0.377. The predicted molar refractivity (Wildman–Crippen MR) is 180 cm³/mol. The molecule has 1 amide bonds. The summed E-state index contributed by atoms with van der Waals surface area (Å²) in [7, 11) is -0.319. The van der Waals surface area contributed by atoms with Gasteiger partial charge in [0.25, 0.3) is 15.9 Å². The first-order valence-electron chi connectivity index (χ1n) is 13.3. The average molecular weight is 713 g/mol. The van der Waals surface area contributed by atoms with E-state index in [4.69, 9.17) is 23.2 Å². The number of thioether (sulfide) groups is 1. The first kappa shape index (κ1) is 33.2. The van der Waals surface area contributed by atoms with E-state index in [2.05, 4.69) is 28.3 Å². The van der Waals surface area contributed by atoms with Gasteiger partial charge < -0.3 is 15.6 Å². The molecule has 2 aromatic carbocycles. The summed E-state index contributed by atoms with van der Waals surface area (Å²) >= 11 is 14.1. The van der Waals surface area contributed by atoms with E-state index in [1.807, 2.05) is 44.7 Å². The van der Waals surface area contributed by atoms with Crippen molar-refractivity contribution in [3.05, 3.63) is 117 Å². The number of hydrogen-bond acceptors (Lipinski definition) is 9. The third kappa shape index (κ3) is 7.28. The number of rotatable bonds is 6. The number of pyridine rings is 1. The molecule has 6 rings (SSSR count). The molecular weight excluding hydrogens is 689 g/mol. The van der Waals surface area contributed by atoms with Crippen molar-refractivity contribution in [3.8, 4) is 0 Å². The number of carbonyl (C=O) groups excluding carboxylic acids is 2. The topological polar surface area (TPSA) is 158 Å². The highest BCUT2D eigenvalue weighted by molar-refractivity contribution is 8.16. The number of benzene rings is 2. The molecular formula is C30H23Cl2N7O4S3. The summed E-state index contributed by atoms with van der Waals surface area (Å²) in [5.41, 5.74) is 2.22. The highest BCUT2D eigenvalue weighted by Gasteiger charge is 2.32. The number of fused-ring (bicyclic) bond motifs is 2. The van der Waals surface area contributed by atoms with Gasteiger partial charge in [0.2, 0.25) is 5.78 Å². The van der Waals surface area contributed by atoms with Crippen LogP contribution in [0.2, 0.25) is 10.0 Å². The second kappa shape index (κ2) is 14.1. The van der Waals surface area contributed by atoms with Crippen LogP contribution in [0.5, 0.6) is 0 Å². The van der Waals surface area contributed by atoms with Gasteiger partial charge in [-0.25, -0.2) is 4.98 Å². The molecule has 0 spiro atoms. The molecule has 1 aliphatic carbocycles. The number of hydrogen-bond donors (Lipinski definition) is 1. The number of anilines is 1. The van der Waals surface area contributed by atoms with Crippen molar-refractivity contribution in [3.63, 3.8) is 0 Å². The number of nitrogens with one attached hydrogen (secondary N) is 2. The Balaban J connectivity index is 0.000000400. The lowest BCUT2D eigenvalue weighted by Gasteiger charge is -2.20. The second-order valence-corrected chi connectivity index (χ2v) is 13.9. The molecule has 1 unspecified atom stereocenters. The minimum atomic E-state index is -4.37. The molecule has 0 radical (unpaired) electrons. The molecule has 1 aliphatic heterocycles. The second-order valence-electron chi connectivity index (χ2n) is 9.91. The Morgan fingerprint density at radius 2 is 1.80 bits per heavy atom. The van der Waals surface area contributed by atoms with Crippen LogP contribution >= 0.6 is 46.7 Å². The summed E-state index contributed by atoms with van der Waals surface area (Å²) < 4.78 is 38.2. The summed E-state index contributed by atoms with van der Waals surface area (Å²) in [5.74, 6) is 0.437. The molecule has 4 aromatic rings. The third-order valence-electron chi connectivity index (χ3n) is 6.65. The van der Waals surface area contributed by atoms with Crippen LogP contribution < -0.4 is 15.2 Å². The maximum absolute atomic E-state index is 13.1. The molecule has 11 nitrogen and oxygen atoms in total. The number of amides is 1. The maximum Gasteiger partial charge on any atom is 0.284 e. The minimum Gasteiger partial charge on any atom is -0.763 e. The molecule has 0 bridgehead atoms. The maximum atomic E-state index is 13.1. The van der Waals surface area contributed by atoms with E-state index >= 15 is 0 Å². The Hall–Kier alpha value is -4.17. The molecule has 1 atom stereocenters. The van der Waals surface area contributed by atoms with Crippen LogP contribution in [-0.4, -0.2) is 53.9 Å². The van der Waals surface area contributed by atoms with Crippen molar-refractivity contribution in [1.82, 2.24) is 14.1 Å². The van der Waals surface area contributed by atoms with Crippen molar-refractivity contribution < 1.29 is 23.0 Å². The molecule has 3 heterocycles. The summed E-state index contributed by atoms with van der Waals surface area (Å²) in [4.78, 5) is 30.8. The zero-order chi connectivity index (χ0) is 33.0. The third-order valence-corrected chi connectivity index (χ3v) is 10.4. The van der Waals surface area contributed by atoms with Gasteiger partial charge in [0.05, 0.1) is 39.6 Å². The van der Waals surface area contributed by atoms with Crippen molar-refractivity contribution >= 4 is 85.0 Å². The molecule has 0 saturated carbocycles. The van der Waals surface area contributed by atoms with Gasteiger partial charge in [-0.1, -0.05) is 47.1 Å². The van der Waals surface area contributed by atoms with E-state index in [1.54, 1.807) is 11.9 Å². The predicted octanol–water partition coefficient (Wildman–Crippen LogP) is 5.24. The molecule has 2 aromatic heterocycles. The highest BCUT2D eigenvalue weighted by Crippen LogP contribution is 2.39. The van der Waals surface area contributed by atoms with E-state index < -0.39 is 33.3 Å². The molecule has 2 N–H and O–H groups in total. The van der Waals surface area contributed by atoms with Gasteiger partial charge in [-0.15, -0.1) is 0 Å². The van der Waals surface area contributed by atoms with Crippen molar-refractivity contribution in [1.29, 1.82) is 0 Å². The summed E-state index contributed by atoms with van der Waals surface area (Å²) in [5, 5.41) is 12.5. The molecule has 46 heavy (non-hydrogen) atoms. The van der Waals surface area contributed by atoms with Crippen molar-refractivity contribution in [2.45, 2.75) is 22.3 Å². The normalized spacial score (nSPS) is 15.6.